The highest BCUT2D eigenvalue weighted by molar-refractivity contribution is 5.54. The van der Waals surface area contributed by atoms with Gasteiger partial charge in [0, 0.05) is 25.3 Å². The van der Waals surface area contributed by atoms with Crippen LogP contribution >= 0.6 is 0 Å². The van der Waals surface area contributed by atoms with Crippen LogP contribution in [0.4, 0.5) is 5.69 Å². The highest BCUT2D eigenvalue weighted by Gasteiger charge is 2.11. The molecule has 3 nitrogen and oxygen atoms in total. The monoisotopic (exact) mass is 208 g/mol. The average Bonchev–Trinajstić information content (AvgIpc) is 2.28. The van der Waals surface area contributed by atoms with E-state index in [9.17, 15) is 0 Å². The van der Waals surface area contributed by atoms with E-state index < -0.39 is 0 Å². The number of aliphatic hydroxyl groups excluding tert-OH is 1. The van der Waals surface area contributed by atoms with E-state index in [2.05, 4.69) is 13.0 Å². The summed E-state index contributed by atoms with van der Waals surface area (Å²) in [5, 5.41) is 8.91. The van der Waals surface area contributed by atoms with E-state index in [-0.39, 0.29) is 12.6 Å². The van der Waals surface area contributed by atoms with Gasteiger partial charge < -0.3 is 15.7 Å². The second-order valence-electron chi connectivity index (χ2n) is 3.72. The van der Waals surface area contributed by atoms with E-state index in [0.717, 1.165) is 17.7 Å². The molecular formula is C12H20N2O. The molecule has 0 amide bonds. The SMILES string of the molecule is CCC(N)c1ccccc1N(C)CCO. The zero-order valence-electron chi connectivity index (χ0n) is 9.48. The molecule has 84 valence electrons. The Morgan fingerprint density at radius 2 is 2.07 bits per heavy atom. The lowest BCUT2D eigenvalue weighted by Gasteiger charge is -2.23. The van der Waals surface area contributed by atoms with Crippen molar-refractivity contribution in [1.82, 2.24) is 0 Å². The molecule has 3 heteroatoms. The van der Waals surface area contributed by atoms with E-state index in [1.54, 1.807) is 0 Å². The van der Waals surface area contributed by atoms with Crippen molar-refractivity contribution in [2.45, 2.75) is 19.4 Å². The smallest absolute Gasteiger partial charge is 0.0606 e. The molecule has 0 aromatic heterocycles. The van der Waals surface area contributed by atoms with Crippen LogP contribution in [0.2, 0.25) is 0 Å². The molecule has 0 radical (unpaired) electrons. The quantitative estimate of drug-likeness (QED) is 0.771. The molecule has 0 spiro atoms. The summed E-state index contributed by atoms with van der Waals surface area (Å²) >= 11 is 0. The molecule has 0 saturated heterocycles. The molecule has 1 rings (SSSR count). The Balaban J connectivity index is 2.95. The summed E-state index contributed by atoms with van der Waals surface area (Å²) in [4.78, 5) is 2.03. The second kappa shape index (κ2) is 5.73. The third-order valence-electron chi connectivity index (χ3n) is 2.62. The van der Waals surface area contributed by atoms with Crippen molar-refractivity contribution in [2.75, 3.05) is 25.1 Å². The minimum Gasteiger partial charge on any atom is -0.395 e. The molecule has 0 aliphatic carbocycles. The van der Waals surface area contributed by atoms with Gasteiger partial charge in [0.25, 0.3) is 0 Å². The highest BCUT2D eigenvalue weighted by atomic mass is 16.3. The molecule has 0 bridgehead atoms. The first-order chi connectivity index (χ1) is 7.20. The lowest BCUT2D eigenvalue weighted by Crippen LogP contribution is -2.24. The Labute approximate surface area is 91.5 Å². The van der Waals surface area contributed by atoms with Crippen molar-refractivity contribution < 1.29 is 5.11 Å². The molecule has 0 heterocycles. The predicted octanol–water partition coefficient (Wildman–Crippen LogP) is 1.52. The first kappa shape index (κ1) is 12.0. The van der Waals surface area contributed by atoms with E-state index >= 15 is 0 Å². The largest absolute Gasteiger partial charge is 0.395 e. The van der Waals surface area contributed by atoms with Crippen molar-refractivity contribution >= 4 is 5.69 Å². The molecular weight excluding hydrogens is 188 g/mol. The van der Waals surface area contributed by atoms with Gasteiger partial charge in [-0.2, -0.15) is 0 Å². The van der Waals surface area contributed by atoms with Crippen LogP contribution in [-0.2, 0) is 0 Å². The van der Waals surface area contributed by atoms with Gasteiger partial charge in [-0.15, -0.1) is 0 Å². The number of benzene rings is 1. The maximum Gasteiger partial charge on any atom is 0.0606 e. The molecule has 1 aromatic rings. The first-order valence-corrected chi connectivity index (χ1v) is 5.37. The van der Waals surface area contributed by atoms with Crippen LogP contribution in [0, 0.1) is 0 Å². The van der Waals surface area contributed by atoms with Gasteiger partial charge in [-0.3, -0.25) is 0 Å². The van der Waals surface area contributed by atoms with Gasteiger partial charge in [-0.25, -0.2) is 0 Å². The summed E-state index contributed by atoms with van der Waals surface area (Å²) in [5.41, 5.74) is 8.30. The van der Waals surface area contributed by atoms with Gasteiger partial charge in [-0.05, 0) is 18.1 Å². The van der Waals surface area contributed by atoms with Gasteiger partial charge in [-0.1, -0.05) is 25.1 Å². The number of nitrogens with two attached hydrogens (primary N) is 1. The van der Waals surface area contributed by atoms with Gasteiger partial charge >= 0.3 is 0 Å². The van der Waals surface area contributed by atoms with Crippen LogP contribution in [0.15, 0.2) is 24.3 Å². The summed E-state index contributed by atoms with van der Waals surface area (Å²) in [6, 6.07) is 8.16. The molecule has 1 unspecified atom stereocenters. The molecule has 0 saturated carbocycles. The molecule has 15 heavy (non-hydrogen) atoms. The zero-order valence-corrected chi connectivity index (χ0v) is 9.48. The van der Waals surface area contributed by atoms with Crippen molar-refractivity contribution in [3.63, 3.8) is 0 Å². The Hall–Kier alpha value is -1.06. The Kier molecular flexibility index (Phi) is 4.59. The molecule has 1 aromatic carbocycles. The highest BCUT2D eigenvalue weighted by Crippen LogP contribution is 2.25. The van der Waals surface area contributed by atoms with Gasteiger partial charge in [0.15, 0.2) is 0 Å². The zero-order chi connectivity index (χ0) is 11.3. The predicted molar refractivity (Wildman–Crippen MR) is 64.0 cm³/mol. The number of rotatable bonds is 5. The summed E-state index contributed by atoms with van der Waals surface area (Å²) in [5.74, 6) is 0. The number of para-hydroxylation sites is 1. The topological polar surface area (TPSA) is 49.5 Å². The summed E-state index contributed by atoms with van der Waals surface area (Å²) < 4.78 is 0. The average molecular weight is 208 g/mol. The van der Waals surface area contributed by atoms with E-state index in [4.69, 9.17) is 10.8 Å². The van der Waals surface area contributed by atoms with Crippen LogP contribution in [0.5, 0.6) is 0 Å². The van der Waals surface area contributed by atoms with E-state index in [0.29, 0.717) is 6.54 Å². The van der Waals surface area contributed by atoms with Gasteiger partial charge in [0.05, 0.1) is 6.61 Å². The van der Waals surface area contributed by atoms with E-state index in [1.807, 2.05) is 30.1 Å². The number of nitrogens with zero attached hydrogens (tertiary/aromatic N) is 1. The molecule has 0 aliphatic rings. The number of anilines is 1. The first-order valence-electron chi connectivity index (χ1n) is 5.37. The van der Waals surface area contributed by atoms with Crippen molar-refractivity contribution in [3.05, 3.63) is 29.8 Å². The Morgan fingerprint density at radius 3 is 2.67 bits per heavy atom. The number of likely N-dealkylation sites (N-methyl/N-ethyl adjacent to an activating group) is 1. The van der Waals surface area contributed by atoms with Gasteiger partial charge in [0.1, 0.15) is 0 Å². The second-order valence-corrected chi connectivity index (χ2v) is 3.72. The van der Waals surface area contributed by atoms with Crippen LogP contribution in [-0.4, -0.2) is 25.3 Å². The summed E-state index contributed by atoms with van der Waals surface area (Å²) in [6.45, 7) is 2.87. The Morgan fingerprint density at radius 1 is 1.40 bits per heavy atom. The van der Waals surface area contributed by atoms with Crippen LogP contribution in [0.25, 0.3) is 0 Å². The van der Waals surface area contributed by atoms with Crippen LogP contribution < -0.4 is 10.6 Å². The van der Waals surface area contributed by atoms with Crippen molar-refractivity contribution in [2.24, 2.45) is 5.73 Å². The minimum absolute atomic E-state index is 0.0716. The lowest BCUT2D eigenvalue weighted by molar-refractivity contribution is 0.304. The maximum atomic E-state index is 8.91. The molecule has 0 fully saturated rings. The number of hydrogen-bond acceptors (Lipinski definition) is 3. The standard InChI is InChI=1S/C12H20N2O/c1-3-11(13)10-6-4-5-7-12(10)14(2)8-9-15/h4-7,11,15H,3,8-9,13H2,1-2H3. The third-order valence-corrected chi connectivity index (χ3v) is 2.62. The maximum absolute atomic E-state index is 8.91. The summed E-state index contributed by atoms with van der Waals surface area (Å²) in [6.07, 6.45) is 0.921. The van der Waals surface area contributed by atoms with Crippen molar-refractivity contribution in [1.29, 1.82) is 0 Å². The minimum atomic E-state index is 0.0716. The van der Waals surface area contributed by atoms with Crippen LogP contribution in [0.1, 0.15) is 24.9 Å². The fourth-order valence-corrected chi connectivity index (χ4v) is 1.64. The number of hydrogen-bond donors (Lipinski definition) is 2. The van der Waals surface area contributed by atoms with Gasteiger partial charge in [0.2, 0.25) is 0 Å². The van der Waals surface area contributed by atoms with Crippen LogP contribution in [0.3, 0.4) is 0 Å². The fourth-order valence-electron chi connectivity index (χ4n) is 1.64. The molecule has 0 aliphatic heterocycles. The van der Waals surface area contributed by atoms with E-state index in [1.165, 1.54) is 0 Å². The van der Waals surface area contributed by atoms with Crippen molar-refractivity contribution in [3.8, 4) is 0 Å². The third kappa shape index (κ3) is 2.94. The normalized spacial score (nSPS) is 12.5. The summed E-state index contributed by atoms with van der Waals surface area (Å²) in [7, 11) is 1.97. The molecule has 3 N–H and O–H groups in total. The fraction of sp³-hybridized carbons (Fsp3) is 0.500. The number of aliphatic hydroxyl groups is 1. The molecule has 1 atom stereocenters. The Bertz CT molecular complexity index is 301. The lowest BCUT2D eigenvalue weighted by atomic mass is 10.0.